The molecule has 1 N–H and O–H groups in total. The van der Waals surface area contributed by atoms with Crippen LogP contribution in [0.3, 0.4) is 0 Å². The molecule has 0 aliphatic carbocycles. The van der Waals surface area contributed by atoms with Crippen molar-refractivity contribution in [3.05, 3.63) is 11.4 Å². The molecule has 1 atom stereocenters. The van der Waals surface area contributed by atoms with E-state index in [2.05, 4.69) is 10.3 Å². The van der Waals surface area contributed by atoms with Crippen LogP contribution in [-0.2, 0) is 19.1 Å². The summed E-state index contributed by atoms with van der Waals surface area (Å²) in [5, 5.41) is 24.3. The van der Waals surface area contributed by atoms with Crippen molar-refractivity contribution in [2.24, 2.45) is 0 Å². The normalized spacial score (nSPS) is 13.3. The van der Waals surface area contributed by atoms with Gasteiger partial charge in [0.05, 0.1) is 18.6 Å². The van der Waals surface area contributed by atoms with Gasteiger partial charge in [0.25, 0.3) is 0 Å². The number of rotatable bonds is 5. The van der Waals surface area contributed by atoms with Gasteiger partial charge in [-0.25, -0.2) is 4.68 Å². The summed E-state index contributed by atoms with van der Waals surface area (Å²) >= 11 is 0. The maximum atomic E-state index is 12.8. The molecule has 1 aromatic heterocycles. The van der Waals surface area contributed by atoms with Gasteiger partial charge in [-0.2, -0.15) is 18.4 Å². The second-order valence-electron chi connectivity index (χ2n) is 3.93. The molecule has 1 unspecified atom stereocenters. The quantitative estimate of drug-likeness (QED) is 0.873. The minimum atomic E-state index is -4.58. The summed E-state index contributed by atoms with van der Waals surface area (Å²) in [5.74, 6) is 0. The highest BCUT2D eigenvalue weighted by molar-refractivity contribution is 5.17. The average molecular weight is 262 g/mol. The average Bonchev–Trinajstić information content (AvgIpc) is 2.60. The van der Waals surface area contributed by atoms with E-state index < -0.39 is 24.4 Å². The topological polar surface area (TPSA) is 74.7 Å². The molecule has 0 aliphatic rings. The van der Waals surface area contributed by atoms with Crippen LogP contribution in [0.4, 0.5) is 13.2 Å². The van der Waals surface area contributed by atoms with Crippen molar-refractivity contribution in [3.63, 3.8) is 0 Å². The first kappa shape index (κ1) is 14.4. The predicted molar refractivity (Wildman–Crippen MR) is 55.3 cm³/mol. The Morgan fingerprint density at radius 1 is 1.50 bits per heavy atom. The van der Waals surface area contributed by atoms with Crippen molar-refractivity contribution in [3.8, 4) is 6.07 Å². The lowest BCUT2D eigenvalue weighted by Crippen LogP contribution is -2.17. The van der Waals surface area contributed by atoms with Gasteiger partial charge in [0.1, 0.15) is 5.69 Å². The SMILES string of the molecule is CC(O)CCCn1nnc(CC#N)c1C(F)(F)F. The second kappa shape index (κ2) is 5.82. The van der Waals surface area contributed by atoms with Crippen molar-refractivity contribution in [2.45, 2.75) is 45.0 Å². The Morgan fingerprint density at radius 2 is 2.17 bits per heavy atom. The van der Waals surface area contributed by atoms with Gasteiger partial charge >= 0.3 is 6.18 Å². The first-order valence-electron chi connectivity index (χ1n) is 5.40. The summed E-state index contributed by atoms with van der Waals surface area (Å²) in [6.07, 6.45) is -4.84. The van der Waals surface area contributed by atoms with Crippen LogP contribution in [0.2, 0.25) is 0 Å². The van der Waals surface area contributed by atoms with Crippen molar-refractivity contribution in [1.82, 2.24) is 15.0 Å². The molecule has 5 nitrogen and oxygen atoms in total. The molecule has 8 heteroatoms. The molecule has 18 heavy (non-hydrogen) atoms. The highest BCUT2D eigenvalue weighted by Crippen LogP contribution is 2.31. The highest BCUT2D eigenvalue weighted by Gasteiger charge is 2.38. The van der Waals surface area contributed by atoms with Crippen LogP contribution in [0.5, 0.6) is 0 Å². The Morgan fingerprint density at radius 3 is 2.67 bits per heavy atom. The van der Waals surface area contributed by atoms with Crippen LogP contribution < -0.4 is 0 Å². The van der Waals surface area contributed by atoms with E-state index in [1.54, 1.807) is 13.0 Å². The third-order valence-corrected chi connectivity index (χ3v) is 2.31. The Kier molecular flexibility index (Phi) is 4.67. The maximum absolute atomic E-state index is 12.8. The molecule has 0 saturated carbocycles. The number of aryl methyl sites for hydroxylation is 1. The van der Waals surface area contributed by atoms with Crippen molar-refractivity contribution < 1.29 is 18.3 Å². The van der Waals surface area contributed by atoms with Gasteiger partial charge in [0.2, 0.25) is 0 Å². The lowest BCUT2D eigenvalue weighted by molar-refractivity contribution is -0.144. The monoisotopic (exact) mass is 262 g/mol. The molecule has 0 aromatic carbocycles. The Labute approximate surface area is 102 Å². The molecule has 1 rings (SSSR count). The van der Waals surface area contributed by atoms with E-state index in [9.17, 15) is 13.2 Å². The van der Waals surface area contributed by atoms with E-state index in [0.29, 0.717) is 12.8 Å². The summed E-state index contributed by atoms with van der Waals surface area (Å²) in [4.78, 5) is 0. The molecule has 0 fully saturated rings. The first-order valence-corrected chi connectivity index (χ1v) is 5.40. The van der Waals surface area contributed by atoms with E-state index in [-0.39, 0.29) is 12.2 Å². The van der Waals surface area contributed by atoms with Crippen LogP contribution in [0.15, 0.2) is 0 Å². The van der Waals surface area contributed by atoms with E-state index >= 15 is 0 Å². The van der Waals surface area contributed by atoms with Gasteiger partial charge in [-0.15, -0.1) is 5.10 Å². The molecule has 1 aromatic rings. The molecule has 100 valence electrons. The van der Waals surface area contributed by atoms with Crippen LogP contribution in [-0.4, -0.2) is 26.2 Å². The molecular weight excluding hydrogens is 249 g/mol. The number of hydrogen-bond acceptors (Lipinski definition) is 4. The van der Waals surface area contributed by atoms with Gasteiger partial charge in [0.15, 0.2) is 5.69 Å². The highest BCUT2D eigenvalue weighted by atomic mass is 19.4. The summed E-state index contributed by atoms with van der Waals surface area (Å²) in [5.41, 5.74) is -1.34. The molecule has 0 spiro atoms. The molecule has 1 heterocycles. The largest absolute Gasteiger partial charge is 0.434 e. The standard InChI is InChI=1S/C10H13F3N4O/c1-7(18)3-2-6-17-9(10(11,12)13)8(4-5-14)15-16-17/h7,18H,2-4,6H2,1H3. The third-order valence-electron chi connectivity index (χ3n) is 2.31. The zero-order chi connectivity index (χ0) is 13.8. The van der Waals surface area contributed by atoms with Crippen LogP contribution >= 0.6 is 0 Å². The number of halogens is 3. The van der Waals surface area contributed by atoms with E-state index in [1.807, 2.05) is 0 Å². The van der Waals surface area contributed by atoms with Gasteiger partial charge in [-0.3, -0.25) is 0 Å². The zero-order valence-electron chi connectivity index (χ0n) is 9.78. The molecule has 0 radical (unpaired) electrons. The van der Waals surface area contributed by atoms with Gasteiger partial charge in [-0.05, 0) is 19.8 Å². The number of hydrogen-bond donors (Lipinski definition) is 1. The van der Waals surface area contributed by atoms with E-state index in [4.69, 9.17) is 10.4 Å². The fourth-order valence-electron chi connectivity index (χ4n) is 1.55. The lowest BCUT2D eigenvalue weighted by Gasteiger charge is -2.10. The van der Waals surface area contributed by atoms with Crippen LogP contribution in [0.1, 0.15) is 31.2 Å². The fraction of sp³-hybridized carbons (Fsp3) is 0.700. The van der Waals surface area contributed by atoms with Crippen molar-refractivity contribution in [1.29, 1.82) is 5.26 Å². The van der Waals surface area contributed by atoms with Crippen LogP contribution in [0.25, 0.3) is 0 Å². The number of nitrogens with zero attached hydrogens (tertiary/aromatic N) is 4. The number of aromatic nitrogens is 3. The summed E-state index contributed by atoms with van der Waals surface area (Å²) < 4.78 is 39.1. The molecule has 0 aliphatic heterocycles. The number of aliphatic hydroxyl groups excluding tert-OH is 1. The predicted octanol–water partition coefficient (Wildman–Crippen LogP) is 1.52. The minimum Gasteiger partial charge on any atom is -0.393 e. The van der Waals surface area contributed by atoms with Crippen molar-refractivity contribution >= 4 is 0 Å². The van der Waals surface area contributed by atoms with E-state index in [1.165, 1.54) is 0 Å². The third kappa shape index (κ3) is 3.70. The van der Waals surface area contributed by atoms with Gasteiger partial charge in [0, 0.05) is 6.54 Å². The summed E-state index contributed by atoms with van der Waals surface area (Å²) in [6.45, 7) is 1.57. The minimum absolute atomic E-state index is 0.0121. The molecular formula is C10H13F3N4O. The first-order chi connectivity index (χ1) is 8.36. The van der Waals surface area contributed by atoms with Gasteiger partial charge in [-0.1, -0.05) is 5.21 Å². The summed E-state index contributed by atoms with van der Waals surface area (Å²) in [7, 11) is 0. The number of nitriles is 1. The number of alkyl halides is 3. The Balaban J connectivity index is 2.88. The lowest BCUT2D eigenvalue weighted by atomic mass is 10.2. The maximum Gasteiger partial charge on any atom is 0.434 e. The van der Waals surface area contributed by atoms with E-state index in [0.717, 1.165) is 4.68 Å². The molecule has 0 amide bonds. The van der Waals surface area contributed by atoms with Crippen molar-refractivity contribution in [2.75, 3.05) is 0 Å². The van der Waals surface area contributed by atoms with Gasteiger partial charge < -0.3 is 5.11 Å². The molecule has 0 bridgehead atoms. The Bertz CT molecular complexity index is 433. The Hall–Kier alpha value is -1.62. The second-order valence-corrected chi connectivity index (χ2v) is 3.93. The zero-order valence-corrected chi connectivity index (χ0v) is 9.78. The molecule has 0 saturated heterocycles. The fourth-order valence-corrected chi connectivity index (χ4v) is 1.55. The smallest absolute Gasteiger partial charge is 0.393 e. The van der Waals surface area contributed by atoms with Crippen LogP contribution in [0, 0.1) is 11.3 Å². The number of aliphatic hydroxyl groups is 1. The summed E-state index contributed by atoms with van der Waals surface area (Å²) in [6, 6.07) is 1.63.